The maximum absolute atomic E-state index is 13.2. The highest BCUT2D eigenvalue weighted by Gasteiger charge is 2.19. The van der Waals surface area contributed by atoms with Crippen LogP contribution in [0.25, 0.3) is 0 Å². The van der Waals surface area contributed by atoms with Crippen LogP contribution in [0.3, 0.4) is 0 Å². The van der Waals surface area contributed by atoms with E-state index in [0.717, 1.165) is 25.2 Å². The first kappa shape index (κ1) is 11.7. The number of piperidine rings is 1. The number of benzene rings is 1. The van der Waals surface area contributed by atoms with Gasteiger partial charge in [0, 0.05) is 29.8 Å². The van der Waals surface area contributed by atoms with Gasteiger partial charge in [0.15, 0.2) is 0 Å². The molecule has 1 N–H and O–H groups in total. The molecule has 88 valence electrons. The number of nitrogens with one attached hydrogen (secondary N) is 1. The van der Waals surface area contributed by atoms with Crippen LogP contribution >= 0.6 is 11.6 Å². The third-order valence-corrected chi connectivity index (χ3v) is 3.26. The van der Waals surface area contributed by atoms with Crippen molar-refractivity contribution in [3.8, 4) is 0 Å². The first-order chi connectivity index (χ1) is 7.69. The van der Waals surface area contributed by atoms with Crippen molar-refractivity contribution in [2.45, 2.75) is 18.9 Å². The molecule has 0 aromatic heterocycles. The monoisotopic (exact) mass is 242 g/mol. The van der Waals surface area contributed by atoms with E-state index in [0.29, 0.717) is 11.1 Å². The zero-order valence-corrected chi connectivity index (χ0v) is 10.1. The SMILES string of the molecule is CNC1CCCN(c2cc(F)cc(Cl)c2)C1. The first-order valence-electron chi connectivity index (χ1n) is 5.57. The lowest BCUT2D eigenvalue weighted by Gasteiger charge is -2.34. The predicted octanol–water partition coefficient (Wildman–Crippen LogP) is 2.67. The second kappa shape index (κ2) is 5.02. The smallest absolute Gasteiger partial charge is 0.126 e. The van der Waals surface area contributed by atoms with Gasteiger partial charge in [-0.05, 0) is 38.1 Å². The molecule has 1 heterocycles. The molecule has 1 atom stereocenters. The Hall–Kier alpha value is -0.800. The molecule has 2 nitrogen and oxygen atoms in total. The molecule has 16 heavy (non-hydrogen) atoms. The van der Waals surface area contributed by atoms with E-state index in [2.05, 4.69) is 10.2 Å². The normalized spacial score (nSPS) is 21.2. The first-order valence-corrected chi connectivity index (χ1v) is 5.95. The number of likely N-dealkylation sites (N-methyl/N-ethyl adjacent to an activating group) is 1. The van der Waals surface area contributed by atoms with Gasteiger partial charge >= 0.3 is 0 Å². The van der Waals surface area contributed by atoms with Gasteiger partial charge in [-0.15, -0.1) is 0 Å². The number of hydrogen-bond donors (Lipinski definition) is 1. The molecule has 0 bridgehead atoms. The van der Waals surface area contributed by atoms with Crippen molar-refractivity contribution >= 4 is 17.3 Å². The Balaban J connectivity index is 2.16. The Morgan fingerprint density at radius 1 is 1.44 bits per heavy atom. The Morgan fingerprint density at radius 2 is 2.25 bits per heavy atom. The minimum Gasteiger partial charge on any atom is -0.370 e. The fraction of sp³-hybridized carbons (Fsp3) is 0.500. The molecule has 4 heteroatoms. The van der Waals surface area contributed by atoms with Crippen LogP contribution in [0.2, 0.25) is 5.02 Å². The van der Waals surface area contributed by atoms with Gasteiger partial charge in [-0.2, -0.15) is 0 Å². The van der Waals surface area contributed by atoms with Crippen molar-refractivity contribution in [1.29, 1.82) is 0 Å². The van der Waals surface area contributed by atoms with Crippen LogP contribution in [-0.4, -0.2) is 26.2 Å². The molecule has 1 unspecified atom stereocenters. The lowest BCUT2D eigenvalue weighted by molar-refractivity contribution is 0.449. The molecule has 1 saturated heterocycles. The molecular weight excluding hydrogens is 227 g/mol. The maximum atomic E-state index is 13.2. The van der Waals surface area contributed by atoms with E-state index >= 15 is 0 Å². The Kier molecular flexibility index (Phi) is 3.66. The van der Waals surface area contributed by atoms with Crippen LogP contribution in [0.4, 0.5) is 10.1 Å². The van der Waals surface area contributed by atoms with Crippen molar-refractivity contribution in [3.05, 3.63) is 29.0 Å². The third-order valence-electron chi connectivity index (χ3n) is 3.04. The summed E-state index contributed by atoms with van der Waals surface area (Å²) in [6, 6.07) is 5.19. The fourth-order valence-corrected chi connectivity index (χ4v) is 2.39. The van der Waals surface area contributed by atoms with Crippen LogP contribution in [0.1, 0.15) is 12.8 Å². The van der Waals surface area contributed by atoms with E-state index in [9.17, 15) is 4.39 Å². The van der Waals surface area contributed by atoms with Crippen LogP contribution in [0.5, 0.6) is 0 Å². The summed E-state index contributed by atoms with van der Waals surface area (Å²) in [5.74, 6) is -0.269. The molecule has 1 aromatic rings. The summed E-state index contributed by atoms with van der Waals surface area (Å²) in [7, 11) is 1.97. The molecule has 1 aliphatic heterocycles. The van der Waals surface area contributed by atoms with Gasteiger partial charge in [0.1, 0.15) is 5.82 Å². The number of rotatable bonds is 2. The lowest BCUT2D eigenvalue weighted by Crippen LogP contribution is -2.44. The van der Waals surface area contributed by atoms with Gasteiger partial charge in [-0.1, -0.05) is 11.6 Å². The number of hydrogen-bond acceptors (Lipinski definition) is 2. The molecule has 1 fully saturated rings. The van der Waals surface area contributed by atoms with Gasteiger partial charge in [0.25, 0.3) is 0 Å². The van der Waals surface area contributed by atoms with Crippen molar-refractivity contribution in [2.75, 3.05) is 25.0 Å². The highest BCUT2D eigenvalue weighted by molar-refractivity contribution is 6.30. The largest absolute Gasteiger partial charge is 0.370 e. The Bertz CT molecular complexity index is 350. The summed E-state index contributed by atoms with van der Waals surface area (Å²) in [5, 5.41) is 3.72. The standard InChI is InChI=1S/C12H16ClFN2/c1-15-11-3-2-4-16(8-11)12-6-9(13)5-10(14)7-12/h5-7,11,15H,2-4,8H2,1H3. The molecule has 0 amide bonds. The highest BCUT2D eigenvalue weighted by Crippen LogP contribution is 2.24. The second-order valence-corrected chi connectivity index (χ2v) is 4.64. The number of anilines is 1. The average Bonchev–Trinajstić information content (AvgIpc) is 2.28. The molecule has 0 radical (unpaired) electrons. The van der Waals surface area contributed by atoms with Crippen LogP contribution in [0, 0.1) is 5.82 Å². The van der Waals surface area contributed by atoms with E-state index in [1.165, 1.54) is 12.5 Å². The molecule has 1 aromatic carbocycles. The zero-order valence-electron chi connectivity index (χ0n) is 9.34. The minimum atomic E-state index is -0.269. The van der Waals surface area contributed by atoms with Gasteiger partial charge in [-0.25, -0.2) is 4.39 Å². The lowest BCUT2D eigenvalue weighted by atomic mass is 10.1. The van der Waals surface area contributed by atoms with E-state index in [-0.39, 0.29) is 5.82 Å². The summed E-state index contributed by atoms with van der Waals surface area (Å²) in [6.45, 7) is 1.88. The topological polar surface area (TPSA) is 15.3 Å². The van der Waals surface area contributed by atoms with Crippen LogP contribution < -0.4 is 10.2 Å². The van der Waals surface area contributed by atoms with E-state index in [1.54, 1.807) is 6.07 Å². The molecule has 1 aliphatic rings. The van der Waals surface area contributed by atoms with Crippen molar-refractivity contribution in [2.24, 2.45) is 0 Å². The summed E-state index contributed by atoms with van der Waals surface area (Å²) in [5.41, 5.74) is 0.880. The Morgan fingerprint density at radius 3 is 2.94 bits per heavy atom. The van der Waals surface area contributed by atoms with Crippen molar-refractivity contribution < 1.29 is 4.39 Å². The predicted molar refractivity (Wildman–Crippen MR) is 65.7 cm³/mol. The zero-order chi connectivity index (χ0) is 11.5. The van der Waals surface area contributed by atoms with Crippen LogP contribution in [0.15, 0.2) is 18.2 Å². The number of nitrogens with zero attached hydrogens (tertiary/aromatic N) is 1. The average molecular weight is 243 g/mol. The molecule has 0 spiro atoms. The van der Waals surface area contributed by atoms with Crippen molar-refractivity contribution in [1.82, 2.24) is 5.32 Å². The van der Waals surface area contributed by atoms with Gasteiger partial charge in [0.05, 0.1) is 0 Å². The molecule has 0 aliphatic carbocycles. The fourth-order valence-electron chi connectivity index (χ4n) is 2.17. The van der Waals surface area contributed by atoms with Gasteiger partial charge in [0.2, 0.25) is 0 Å². The third kappa shape index (κ3) is 2.66. The van der Waals surface area contributed by atoms with Gasteiger partial charge < -0.3 is 10.2 Å². The van der Waals surface area contributed by atoms with Crippen LogP contribution in [-0.2, 0) is 0 Å². The Labute approximate surface area is 100 Å². The second-order valence-electron chi connectivity index (χ2n) is 4.20. The van der Waals surface area contributed by atoms with Crippen molar-refractivity contribution in [3.63, 3.8) is 0 Å². The highest BCUT2D eigenvalue weighted by atomic mass is 35.5. The minimum absolute atomic E-state index is 0.269. The number of halogens is 2. The summed E-state index contributed by atoms with van der Waals surface area (Å²) in [6.07, 6.45) is 2.30. The quantitative estimate of drug-likeness (QED) is 0.858. The summed E-state index contributed by atoms with van der Waals surface area (Å²) >= 11 is 5.86. The van der Waals surface area contributed by atoms with Gasteiger partial charge in [-0.3, -0.25) is 0 Å². The summed E-state index contributed by atoms with van der Waals surface area (Å²) in [4.78, 5) is 2.18. The molecule has 2 rings (SSSR count). The molecule has 0 saturated carbocycles. The van der Waals surface area contributed by atoms with E-state index in [1.807, 2.05) is 13.1 Å². The van der Waals surface area contributed by atoms with E-state index < -0.39 is 0 Å². The summed E-state index contributed by atoms with van der Waals surface area (Å²) < 4.78 is 13.2. The maximum Gasteiger partial charge on any atom is 0.126 e. The van der Waals surface area contributed by atoms with E-state index in [4.69, 9.17) is 11.6 Å². The molecular formula is C12H16ClFN2.